The number of hydrogen-bond acceptors (Lipinski definition) is 3. The minimum absolute atomic E-state index is 0. The van der Waals surface area contributed by atoms with E-state index in [0.717, 1.165) is 0 Å². The van der Waals surface area contributed by atoms with Gasteiger partial charge in [-0.2, -0.15) is 0 Å². The third-order valence-electron chi connectivity index (χ3n) is 2.50. The molecule has 1 aromatic rings. The van der Waals surface area contributed by atoms with E-state index in [1.807, 2.05) is 13.8 Å². The van der Waals surface area contributed by atoms with E-state index in [0.29, 0.717) is 10.6 Å². The zero-order valence-electron chi connectivity index (χ0n) is 10.7. The first kappa shape index (κ1) is 17.4. The van der Waals surface area contributed by atoms with Crippen LogP contribution in [0, 0.1) is 0 Å². The summed E-state index contributed by atoms with van der Waals surface area (Å²) in [6, 6.07) is 6.50. The predicted molar refractivity (Wildman–Crippen MR) is 76.8 cm³/mol. The molecule has 5 heteroatoms. The van der Waals surface area contributed by atoms with E-state index in [1.165, 1.54) is 0 Å². The number of nitrogens with one attached hydrogen (secondary N) is 1. The van der Waals surface area contributed by atoms with Crippen molar-refractivity contribution in [2.24, 2.45) is 0 Å². The summed E-state index contributed by atoms with van der Waals surface area (Å²) in [5.74, 6) is -0.0333. The molecule has 0 radical (unpaired) electrons. The van der Waals surface area contributed by atoms with E-state index in [4.69, 9.17) is 16.7 Å². The summed E-state index contributed by atoms with van der Waals surface area (Å²) in [6.07, 6.45) is 0. The summed E-state index contributed by atoms with van der Waals surface area (Å²) >= 11 is 5.84. The lowest BCUT2D eigenvalue weighted by atomic mass is 10.0. The van der Waals surface area contributed by atoms with E-state index >= 15 is 0 Å². The zero-order valence-corrected chi connectivity index (χ0v) is 12.3. The Morgan fingerprint density at radius 1 is 1.50 bits per heavy atom. The molecule has 102 valence electrons. The molecule has 0 heterocycles. The second-order valence-electron chi connectivity index (χ2n) is 4.78. The van der Waals surface area contributed by atoms with E-state index in [2.05, 4.69) is 5.32 Å². The number of Topliss-reactive ketones (excluding diaryl/α,β-unsaturated/α-hetero) is 1. The van der Waals surface area contributed by atoms with Crippen LogP contribution in [0.3, 0.4) is 0 Å². The highest BCUT2D eigenvalue weighted by molar-refractivity contribution is 6.31. The third kappa shape index (κ3) is 4.94. The number of aliphatic hydroxyl groups excluding tert-OH is 1. The topological polar surface area (TPSA) is 49.3 Å². The Labute approximate surface area is 119 Å². The fourth-order valence-corrected chi connectivity index (χ4v) is 1.78. The van der Waals surface area contributed by atoms with E-state index in [-0.39, 0.29) is 30.8 Å². The molecule has 0 bridgehead atoms. The van der Waals surface area contributed by atoms with Crippen LogP contribution in [-0.2, 0) is 0 Å². The van der Waals surface area contributed by atoms with Gasteiger partial charge in [0.1, 0.15) is 0 Å². The number of ketones is 1. The Bertz CT molecular complexity index is 408. The highest BCUT2D eigenvalue weighted by atomic mass is 35.5. The van der Waals surface area contributed by atoms with Gasteiger partial charge in [-0.05, 0) is 32.9 Å². The number of benzene rings is 1. The van der Waals surface area contributed by atoms with E-state index in [9.17, 15) is 4.79 Å². The summed E-state index contributed by atoms with van der Waals surface area (Å²) in [7, 11) is 0. The molecule has 1 rings (SSSR count). The Morgan fingerprint density at radius 2 is 2.11 bits per heavy atom. The Balaban J connectivity index is 0.00000289. The maximum atomic E-state index is 12.1. The highest BCUT2D eigenvalue weighted by Crippen LogP contribution is 2.13. The van der Waals surface area contributed by atoms with Gasteiger partial charge < -0.3 is 10.4 Å². The molecule has 1 atom stereocenters. The predicted octanol–water partition coefficient (Wildman–Crippen LogP) is 2.69. The normalized spacial score (nSPS) is 12.7. The van der Waals surface area contributed by atoms with Crippen LogP contribution in [0.15, 0.2) is 24.3 Å². The Hall–Kier alpha value is -0.610. The van der Waals surface area contributed by atoms with Gasteiger partial charge in [-0.3, -0.25) is 4.79 Å². The highest BCUT2D eigenvalue weighted by Gasteiger charge is 2.23. The SMILES string of the molecule is C[C@@H](NC(C)(C)CO)C(=O)c1cccc(Cl)c1.Cl. The summed E-state index contributed by atoms with van der Waals surface area (Å²) in [4.78, 5) is 12.1. The first-order valence-electron chi connectivity index (χ1n) is 5.54. The molecule has 2 N–H and O–H groups in total. The van der Waals surface area contributed by atoms with Crippen LogP contribution in [-0.4, -0.2) is 29.1 Å². The molecular weight excluding hydrogens is 273 g/mol. The molecule has 0 aromatic heterocycles. The number of rotatable bonds is 5. The maximum Gasteiger partial charge on any atom is 0.179 e. The second-order valence-corrected chi connectivity index (χ2v) is 5.22. The van der Waals surface area contributed by atoms with E-state index < -0.39 is 5.54 Å². The van der Waals surface area contributed by atoms with Crippen LogP contribution in [0.2, 0.25) is 5.02 Å². The number of carbonyl (C=O) groups excluding carboxylic acids is 1. The average Bonchev–Trinajstić information content (AvgIpc) is 2.27. The van der Waals surface area contributed by atoms with Gasteiger partial charge in [-0.25, -0.2) is 0 Å². The van der Waals surface area contributed by atoms with Crippen LogP contribution in [0.5, 0.6) is 0 Å². The number of hydrogen-bond donors (Lipinski definition) is 2. The molecule has 3 nitrogen and oxygen atoms in total. The molecule has 18 heavy (non-hydrogen) atoms. The fourth-order valence-electron chi connectivity index (χ4n) is 1.59. The van der Waals surface area contributed by atoms with Gasteiger partial charge in [0.2, 0.25) is 0 Å². The molecule has 0 spiro atoms. The van der Waals surface area contributed by atoms with Crippen molar-refractivity contribution in [1.82, 2.24) is 5.32 Å². The molecule has 0 amide bonds. The fraction of sp³-hybridized carbons (Fsp3) is 0.462. The molecule has 1 aromatic carbocycles. The molecular formula is C13H19Cl2NO2. The van der Waals surface area contributed by atoms with Gasteiger partial charge in [-0.15, -0.1) is 12.4 Å². The molecule has 0 aliphatic rings. The van der Waals surface area contributed by atoms with Crippen LogP contribution < -0.4 is 5.32 Å². The smallest absolute Gasteiger partial charge is 0.179 e. The number of aliphatic hydroxyl groups is 1. The summed E-state index contributed by atoms with van der Waals surface area (Å²) in [6.45, 7) is 5.43. The average molecular weight is 292 g/mol. The van der Waals surface area contributed by atoms with Crippen molar-refractivity contribution in [1.29, 1.82) is 0 Å². The molecule has 0 saturated heterocycles. The van der Waals surface area contributed by atoms with Gasteiger partial charge in [0.25, 0.3) is 0 Å². The quantitative estimate of drug-likeness (QED) is 0.820. The van der Waals surface area contributed by atoms with Crippen molar-refractivity contribution in [2.45, 2.75) is 32.4 Å². The monoisotopic (exact) mass is 291 g/mol. The van der Waals surface area contributed by atoms with Crippen molar-refractivity contribution in [3.8, 4) is 0 Å². The number of halogens is 2. The molecule has 0 aliphatic heterocycles. The summed E-state index contributed by atoms with van der Waals surface area (Å²) < 4.78 is 0. The van der Waals surface area contributed by atoms with Crippen molar-refractivity contribution >= 4 is 29.8 Å². The largest absolute Gasteiger partial charge is 0.394 e. The number of carbonyl (C=O) groups is 1. The van der Waals surface area contributed by atoms with Gasteiger partial charge in [0.15, 0.2) is 5.78 Å². The molecule has 0 saturated carbocycles. The third-order valence-corrected chi connectivity index (χ3v) is 2.74. The van der Waals surface area contributed by atoms with Gasteiger partial charge >= 0.3 is 0 Å². The molecule has 0 aliphatic carbocycles. The van der Waals surface area contributed by atoms with Crippen molar-refractivity contribution in [2.75, 3.05) is 6.61 Å². The van der Waals surface area contributed by atoms with Crippen LogP contribution in [0.25, 0.3) is 0 Å². The maximum absolute atomic E-state index is 12.1. The van der Waals surface area contributed by atoms with Gasteiger partial charge in [0, 0.05) is 16.1 Å². The van der Waals surface area contributed by atoms with Gasteiger partial charge in [0.05, 0.1) is 12.6 Å². The minimum atomic E-state index is -0.479. The van der Waals surface area contributed by atoms with Crippen molar-refractivity contribution in [3.63, 3.8) is 0 Å². The lowest BCUT2D eigenvalue weighted by Gasteiger charge is -2.27. The van der Waals surface area contributed by atoms with E-state index in [1.54, 1.807) is 31.2 Å². The van der Waals surface area contributed by atoms with Crippen molar-refractivity contribution < 1.29 is 9.90 Å². The zero-order chi connectivity index (χ0) is 13.1. The lowest BCUT2D eigenvalue weighted by molar-refractivity contribution is 0.0911. The summed E-state index contributed by atoms with van der Waals surface area (Å²) in [5.41, 5.74) is 0.0967. The molecule has 0 unspecified atom stereocenters. The van der Waals surface area contributed by atoms with Crippen LogP contribution in [0.1, 0.15) is 31.1 Å². The second kappa shape index (κ2) is 7.10. The minimum Gasteiger partial charge on any atom is -0.394 e. The Morgan fingerprint density at radius 3 is 2.61 bits per heavy atom. The van der Waals surface area contributed by atoms with Crippen LogP contribution in [0.4, 0.5) is 0 Å². The lowest BCUT2D eigenvalue weighted by Crippen LogP contribution is -2.50. The standard InChI is InChI=1S/C13H18ClNO2.ClH/c1-9(15-13(2,3)8-16)12(17)10-5-4-6-11(14)7-10;/h4-7,9,15-16H,8H2,1-3H3;1H/t9-;/m1./s1. The van der Waals surface area contributed by atoms with Gasteiger partial charge in [-0.1, -0.05) is 23.7 Å². The molecule has 0 fully saturated rings. The Kier molecular flexibility index (Phi) is 6.86. The first-order chi connectivity index (χ1) is 7.85. The first-order valence-corrected chi connectivity index (χ1v) is 5.92. The van der Waals surface area contributed by atoms with Crippen LogP contribution >= 0.6 is 24.0 Å². The summed E-state index contributed by atoms with van der Waals surface area (Å²) in [5, 5.41) is 12.8. The van der Waals surface area contributed by atoms with Crippen molar-refractivity contribution in [3.05, 3.63) is 34.9 Å².